The van der Waals surface area contributed by atoms with Crippen LogP contribution in [-0.4, -0.2) is 81.8 Å². The zero-order valence-electron chi connectivity index (χ0n) is 28.4. The molecule has 1 heterocycles. The van der Waals surface area contributed by atoms with Crippen LogP contribution in [0.2, 0.25) is 0 Å². The van der Waals surface area contributed by atoms with Gasteiger partial charge in [-0.15, -0.1) is 0 Å². The molecule has 3 aromatic carbocycles. The number of benzene rings is 3. The van der Waals surface area contributed by atoms with Crippen LogP contribution >= 0.6 is 20.3 Å². The van der Waals surface area contributed by atoms with E-state index in [9.17, 15) is 5.26 Å². The summed E-state index contributed by atoms with van der Waals surface area (Å²) in [5.41, 5.74) is 1.86. The van der Waals surface area contributed by atoms with E-state index < -0.39 is 26.3 Å². The fraction of sp³-hybridized carbons (Fsp3) is 0.472. The van der Waals surface area contributed by atoms with Gasteiger partial charge in [0.05, 0.1) is 59.1 Å². The van der Waals surface area contributed by atoms with Crippen molar-refractivity contribution < 1.29 is 28.0 Å². The lowest BCUT2D eigenvalue weighted by Crippen LogP contribution is -2.42. The van der Waals surface area contributed by atoms with Crippen LogP contribution in [0, 0.1) is 11.3 Å². The standard InChI is InChI=1S/C36H46BN2O6PS/c1-25(2)39(26(3)4)46(44-23-11-22-38)45-33-32(47-35(37)34(33)42-7)24-43-36(27-12-9-8-10-13-27,28-14-18-30(40-5)19-15-28)29-16-20-31(41-6)21-17-29/h8-10,12-21,25-26,32-35H,11,23-24H2,1-7H3/t32-,33-,34-,35-,46?/m1/s1. The van der Waals surface area contributed by atoms with Crippen molar-refractivity contribution in [2.24, 2.45) is 0 Å². The van der Waals surface area contributed by atoms with Crippen molar-refractivity contribution in [2.75, 3.05) is 34.5 Å². The first-order valence-electron chi connectivity index (χ1n) is 15.9. The lowest BCUT2D eigenvalue weighted by molar-refractivity contribution is -0.0281. The lowest BCUT2D eigenvalue weighted by Gasteiger charge is -2.40. The number of rotatable bonds is 17. The molecule has 0 N–H and O–H groups in total. The fourth-order valence-electron chi connectivity index (χ4n) is 5.97. The highest BCUT2D eigenvalue weighted by atomic mass is 32.2. The molecule has 3 aromatic rings. The maximum absolute atomic E-state index is 9.22. The Hall–Kier alpha value is -2.61. The van der Waals surface area contributed by atoms with E-state index in [-0.39, 0.29) is 35.5 Å². The number of hydrogen-bond acceptors (Lipinski definition) is 9. The van der Waals surface area contributed by atoms with Gasteiger partial charge in [-0.2, -0.15) is 17.0 Å². The monoisotopic (exact) mass is 676 g/mol. The predicted octanol–water partition coefficient (Wildman–Crippen LogP) is 7.30. The molecular formula is C36H46BN2O6PS. The molecule has 47 heavy (non-hydrogen) atoms. The van der Waals surface area contributed by atoms with Gasteiger partial charge >= 0.3 is 0 Å². The summed E-state index contributed by atoms with van der Waals surface area (Å²) in [5.74, 6) is 1.51. The molecule has 5 atom stereocenters. The van der Waals surface area contributed by atoms with Gasteiger partial charge in [0.15, 0.2) is 0 Å². The second kappa shape index (κ2) is 17.7. The van der Waals surface area contributed by atoms with E-state index in [1.165, 1.54) is 0 Å². The first kappa shape index (κ1) is 37.2. The third kappa shape index (κ3) is 8.71. The molecule has 0 spiro atoms. The van der Waals surface area contributed by atoms with Crippen LogP contribution in [0.1, 0.15) is 50.8 Å². The van der Waals surface area contributed by atoms with E-state index >= 15 is 0 Å². The maximum Gasteiger partial charge on any atom is 0.259 e. The molecule has 4 rings (SSSR count). The average molecular weight is 677 g/mol. The third-order valence-corrected chi connectivity index (χ3v) is 11.6. The second-order valence-electron chi connectivity index (χ2n) is 11.8. The molecule has 1 saturated heterocycles. The van der Waals surface area contributed by atoms with Gasteiger partial charge in [0.1, 0.15) is 23.2 Å². The minimum Gasteiger partial charge on any atom is -0.497 e. The summed E-state index contributed by atoms with van der Waals surface area (Å²) < 4.78 is 39.6. The quantitative estimate of drug-likeness (QED) is 0.0634. The summed E-state index contributed by atoms with van der Waals surface area (Å²) in [5, 5.41) is 8.68. The highest BCUT2D eigenvalue weighted by molar-refractivity contribution is 8.02. The molecule has 0 aliphatic carbocycles. The van der Waals surface area contributed by atoms with E-state index in [1.807, 2.05) is 66.7 Å². The molecule has 0 aromatic heterocycles. The van der Waals surface area contributed by atoms with Gasteiger partial charge in [-0.25, -0.2) is 4.67 Å². The van der Waals surface area contributed by atoms with Crippen molar-refractivity contribution in [3.63, 3.8) is 0 Å². The fourth-order valence-corrected chi connectivity index (χ4v) is 9.16. The highest BCUT2D eigenvalue weighted by Crippen LogP contribution is 2.52. The average Bonchev–Trinajstić information content (AvgIpc) is 3.38. The summed E-state index contributed by atoms with van der Waals surface area (Å²) in [7, 11) is 10.1. The van der Waals surface area contributed by atoms with Crippen LogP contribution < -0.4 is 9.47 Å². The maximum atomic E-state index is 9.22. The largest absolute Gasteiger partial charge is 0.497 e. The zero-order valence-corrected chi connectivity index (χ0v) is 30.1. The Bertz CT molecular complexity index is 1350. The van der Waals surface area contributed by atoms with Crippen LogP contribution in [0.15, 0.2) is 78.9 Å². The molecule has 250 valence electrons. The second-order valence-corrected chi connectivity index (χ2v) is 14.6. The minimum atomic E-state index is -1.54. The summed E-state index contributed by atoms with van der Waals surface area (Å²) in [6, 6.07) is 28.6. The zero-order chi connectivity index (χ0) is 34.0. The van der Waals surface area contributed by atoms with Crippen molar-refractivity contribution in [2.45, 2.75) is 74.4 Å². The van der Waals surface area contributed by atoms with Crippen molar-refractivity contribution in [3.8, 4) is 17.6 Å². The van der Waals surface area contributed by atoms with Gasteiger partial charge < -0.3 is 28.0 Å². The van der Waals surface area contributed by atoms with Gasteiger partial charge in [-0.3, -0.25) is 0 Å². The van der Waals surface area contributed by atoms with Crippen molar-refractivity contribution >= 4 is 28.1 Å². The topological polar surface area (TPSA) is 82.4 Å². The SMILES string of the molecule is [B][C@@H]1S[C@H](COC(c2ccccc2)(c2ccc(OC)cc2)c2ccc(OC)cc2)[C@@H](OP(OCCC#N)N(C(C)C)C(C)C)[C@H]1OC. The molecule has 1 unspecified atom stereocenters. The molecular weight excluding hydrogens is 630 g/mol. The van der Waals surface area contributed by atoms with Gasteiger partial charge in [-0.1, -0.05) is 54.6 Å². The number of nitriles is 1. The molecule has 0 amide bonds. The molecule has 1 aliphatic heterocycles. The van der Waals surface area contributed by atoms with Crippen LogP contribution in [0.25, 0.3) is 0 Å². The normalized spacial score (nSPS) is 20.4. The van der Waals surface area contributed by atoms with Gasteiger partial charge in [-0.05, 0) is 73.8 Å². The number of thioether (sulfide) groups is 1. The Morgan fingerprint density at radius 2 is 1.36 bits per heavy atom. The van der Waals surface area contributed by atoms with Crippen molar-refractivity contribution in [1.29, 1.82) is 5.26 Å². The van der Waals surface area contributed by atoms with Crippen molar-refractivity contribution in [1.82, 2.24) is 4.67 Å². The molecule has 1 aliphatic rings. The Morgan fingerprint density at radius 1 is 0.830 bits per heavy atom. The van der Waals surface area contributed by atoms with Gasteiger partial charge in [0.25, 0.3) is 8.53 Å². The molecule has 1 fully saturated rings. The Balaban J connectivity index is 1.77. The predicted molar refractivity (Wildman–Crippen MR) is 190 cm³/mol. The number of nitrogens with zero attached hydrogens (tertiary/aromatic N) is 2. The number of hydrogen-bond donors (Lipinski definition) is 0. The van der Waals surface area contributed by atoms with Crippen molar-refractivity contribution in [3.05, 3.63) is 95.6 Å². The molecule has 8 nitrogen and oxygen atoms in total. The Morgan fingerprint density at radius 3 is 1.83 bits per heavy atom. The van der Waals surface area contributed by atoms with Crippen LogP contribution in [0.3, 0.4) is 0 Å². The number of methoxy groups -OCH3 is 3. The molecule has 0 bridgehead atoms. The minimum absolute atomic E-state index is 0.150. The van der Waals surface area contributed by atoms with Crippen LogP contribution in [-0.2, 0) is 24.1 Å². The van der Waals surface area contributed by atoms with E-state index in [1.54, 1.807) is 33.1 Å². The lowest BCUT2D eigenvalue weighted by atomic mass is 9.80. The summed E-state index contributed by atoms with van der Waals surface area (Å²) >= 11 is 1.59. The van der Waals surface area contributed by atoms with Gasteiger partial charge in [0.2, 0.25) is 0 Å². The third-order valence-electron chi connectivity index (χ3n) is 8.13. The summed E-state index contributed by atoms with van der Waals surface area (Å²) in [6.45, 7) is 9.04. The first-order valence-corrected chi connectivity index (χ1v) is 17.9. The van der Waals surface area contributed by atoms with E-state index in [4.69, 9.17) is 35.8 Å². The smallest absolute Gasteiger partial charge is 0.259 e. The summed E-state index contributed by atoms with van der Waals surface area (Å²) in [6.07, 6.45) is -0.560. The Kier molecular flexibility index (Phi) is 14.0. The highest BCUT2D eigenvalue weighted by Gasteiger charge is 2.48. The molecule has 11 heteroatoms. The van der Waals surface area contributed by atoms with Crippen LogP contribution in [0.4, 0.5) is 0 Å². The van der Waals surface area contributed by atoms with E-state index in [2.05, 4.69) is 50.6 Å². The summed E-state index contributed by atoms with van der Waals surface area (Å²) in [4.78, 5) is 0. The number of ether oxygens (including phenoxy) is 4. The first-order chi connectivity index (χ1) is 22.7. The molecule has 2 radical (unpaired) electrons. The van der Waals surface area contributed by atoms with E-state index in [0.717, 1.165) is 28.2 Å². The van der Waals surface area contributed by atoms with Gasteiger partial charge in [0, 0.05) is 19.2 Å². The molecule has 0 saturated carbocycles. The van der Waals surface area contributed by atoms with Crippen LogP contribution in [0.5, 0.6) is 11.5 Å². The Labute approximate surface area is 287 Å². The van der Waals surface area contributed by atoms with E-state index in [0.29, 0.717) is 6.61 Å².